The molecule has 8 heteroatoms. The Hall–Kier alpha value is -3.26. The zero-order chi connectivity index (χ0) is 21.8. The van der Waals surface area contributed by atoms with E-state index in [1.807, 2.05) is 60.4 Å². The van der Waals surface area contributed by atoms with Crippen LogP contribution in [0.15, 0.2) is 54.6 Å². The number of amides is 1. The van der Waals surface area contributed by atoms with Crippen LogP contribution in [-0.4, -0.2) is 41.0 Å². The van der Waals surface area contributed by atoms with Gasteiger partial charge in [0.15, 0.2) is 0 Å². The number of carbonyl (C=O) groups excluding carboxylic acids is 1. The van der Waals surface area contributed by atoms with E-state index in [-0.39, 0.29) is 11.3 Å². The van der Waals surface area contributed by atoms with Crippen molar-refractivity contribution in [2.24, 2.45) is 0 Å². The lowest BCUT2D eigenvalue weighted by atomic mass is 10.1. The molecule has 1 saturated heterocycles. The molecule has 31 heavy (non-hydrogen) atoms. The van der Waals surface area contributed by atoms with E-state index in [4.69, 9.17) is 14.2 Å². The highest BCUT2D eigenvalue weighted by Crippen LogP contribution is 2.47. The van der Waals surface area contributed by atoms with Crippen LogP contribution in [0.1, 0.15) is 22.2 Å². The molecular weight excluding hydrogens is 414 g/mol. The number of benzene rings is 2. The highest BCUT2D eigenvalue weighted by molar-refractivity contribution is 8.00. The maximum absolute atomic E-state index is 12.7. The maximum Gasteiger partial charge on any atom is 0.238 e. The van der Waals surface area contributed by atoms with Gasteiger partial charge in [0, 0.05) is 12.6 Å². The summed E-state index contributed by atoms with van der Waals surface area (Å²) >= 11 is 1.57. The standard InChI is InChI=1S/C23H23N3O4S/c1-15-7-12-20(25-24-15)30-17-10-8-16(9-11-17)13-26-21(27)14-31-23(26)22-18(28-2)5-4-6-19(22)29-3/h4-12,23H,13-14H2,1-3H3. The Labute approximate surface area is 185 Å². The van der Waals surface area contributed by atoms with Crippen LogP contribution in [0.25, 0.3) is 0 Å². The lowest BCUT2D eigenvalue weighted by Crippen LogP contribution is -2.28. The summed E-state index contributed by atoms with van der Waals surface area (Å²) in [5.41, 5.74) is 2.70. The molecular formula is C23H23N3O4S. The monoisotopic (exact) mass is 437 g/mol. The van der Waals surface area contributed by atoms with Crippen molar-refractivity contribution in [2.45, 2.75) is 18.8 Å². The van der Waals surface area contributed by atoms with Gasteiger partial charge in [-0.05, 0) is 42.8 Å². The molecule has 7 nitrogen and oxygen atoms in total. The molecule has 0 spiro atoms. The van der Waals surface area contributed by atoms with Crippen LogP contribution in [-0.2, 0) is 11.3 Å². The van der Waals surface area contributed by atoms with E-state index in [0.29, 0.717) is 35.4 Å². The van der Waals surface area contributed by atoms with Crippen molar-refractivity contribution < 1.29 is 19.0 Å². The molecule has 1 aromatic heterocycles. The molecule has 0 radical (unpaired) electrons. The first-order valence-electron chi connectivity index (χ1n) is 9.78. The normalized spacial score (nSPS) is 15.8. The molecule has 3 aromatic rings. The van der Waals surface area contributed by atoms with Crippen molar-refractivity contribution >= 4 is 17.7 Å². The smallest absolute Gasteiger partial charge is 0.238 e. The fourth-order valence-corrected chi connectivity index (χ4v) is 4.65. The molecule has 4 rings (SSSR count). The first-order chi connectivity index (χ1) is 15.1. The van der Waals surface area contributed by atoms with Crippen LogP contribution in [0.3, 0.4) is 0 Å². The predicted molar refractivity (Wildman–Crippen MR) is 119 cm³/mol. The van der Waals surface area contributed by atoms with Gasteiger partial charge in [0.1, 0.15) is 22.6 Å². The number of thioether (sulfide) groups is 1. The number of aromatic nitrogens is 2. The summed E-state index contributed by atoms with van der Waals surface area (Å²) in [6.45, 7) is 2.35. The third kappa shape index (κ3) is 4.59. The minimum Gasteiger partial charge on any atom is -0.496 e. The van der Waals surface area contributed by atoms with Crippen LogP contribution in [0.2, 0.25) is 0 Å². The quantitative estimate of drug-likeness (QED) is 0.543. The SMILES string of the molecule is COc1cccc(OC)c1C1SCC(=O)N1Cc1ccc(Oc2ccc(C)nn2)cc1. The van der Waals surface area contributed by atoms with Crippen molar-refractivity contribution in [3.8, 4) is 23.1 Å². The summed E-state index contributed by atoms with van der Waals surface area (Å²) in [6.07, 6.45) is 0. The highest BCUT2D eigenvalue weighted by atomic mass is 32.2. The van der Waals surface area contributed by atoms with Gasteiger partial charge in [0.05, 0.1) is 31.2 Å². The minimum atomic E-state index is -0.183. The van der Waals surface area contributed by atoms with Gasteiger partial charge in [-0.3, -0.25) is 4.79 Å². The van der Waals surface area contributed by atoms with E-state index in [9.17, 15) is 4.79 Å². The van der Waals surface area contributed by atoms with Gasteiger partial charge in [-0.1, -0.05) is 18.2 Å². The van der Waals surface area contributed by atoms with Crippen LogP contribution in [0.4, 0.5) is 0 Å². The molecule has 2 aromatic carbocycles. The Bertz CT molecular complexity index is 1040. The van der Waals surface area contributed by atoms with E-state index >= 15 is 0 Å². The van der Waals surface area contributed by atoms with Gasteiger partial charge < -0.3 is 19.1 Å². The topological polar surface area (TPSA) is 73.8 Å². The molecule has 2 heterocycles. The average molecular weight is 438 g/mol. The van der Waals surface area contributed by atoms with E-state index in [0.717, 1.165) is 16.8 Å². The second-order valence-corrected chi connectivity index (χ2v) is 8.09. The molecule has 0 aliphatic carbocycles. The largest absolute Gasteiger partial charge is 0.496 e. The molecule has 1 atom stereocenters. The number of methoxy groups -OCH3 is 2. The Morgan fingerprint density at radius 2 is 1.71 bits per heavy atom. The van der Waals surface area contributed by atoms with Crippen LogP contribution >= 0.6 is 11.8 Å². The number of carbonyl (C=O) groups is 1. The molecule has 160 valence electrons. The molecule has 1 aliphatic rings. The molecule has 1 fully saturated rings. The zero-order valence-corrected chi connectivity index (χ0v) is 18.4. The van der Waals surface area contributed by atoms with Crippen LogP contribution < -0.4 is 14.2 Å². The van der Waals surface area contributed by atoms with Crippen LogP contribution in [0, 0.1) is 6.92 Å². The Morgan fingerprint density at radius 3 is 2.32 bits per heavy atom. The molecule has 0 bridgehead atoms. The van der Waals surface area contributed by atoms with E-state index in [2.05, 4.69) is 10.2 Å². The predicted octanol–water partition coefficient (Wildman–Crippen LogP) is 4.37. The van der Waals surface area contributed by atoms with Gasteiger partial charge in [0.25, 0.3) is 0 Å². The number of aryl methyl sites for hydroxylation is 1. The molecule has 0 saturated carbocycles. The Balaban J connectivity index is 1.53. The Kier molecular flexibility index (Phi) is 6.27. The number of hydrogen-bond donors (Lipinski definition) is 0. The summed E-state index contributed by atoms with van der Waals surface area (Å²) in [6, 6.07) is 16.9. The fourth-order valence-electron chi connectivity index (χ4n) is 3.41. The van der Waals surface area contributed by atoms with Gasteiger partial charge >= 0.3 is 0 Å². The maximum atomic E-state index is 12.7. The van der Waals surface area contributed by atoms with Crippen molar-refractivity contribution in [1.82, 2.24) is 15.1 Å². The Morgan fingerprint density at radius 1 is 1.00 bits per heavy atom. The fraction of sp³-hybridized carbons (Fsp3) is 0.261. The number of rotatable bonds is 7. The number of ether oxygens (including phenoxy) is 3. The second kappa shape index (κ2) is 9.26. The summed E-state index contributed by atoms with van der Waals surface area (Å²) in [4.78, 5) is 14.5. The van der Waals surface area contributed by atoms with Crippen molar-refractivity contribution in [1.29, 1.82) is 0 Å². The van der Waals surface area contributed by atoms with E-state index < -0.39 is 0 Å². The first-order valence-corrected chi connectivity index (χ1v) is 10.8. The molecule has 1 aliphatic heterocycles. The number of nitrogens with zero attached hydrogens (tertiary/aromatic N) is 3. The molecule has 1 unspecified atom stereocenters. The third-order valence-corrected chi connectivity index (χ3v) is 6.17. The summed E-state index contributed by atoms with van der Waals surface area (Å²) in [5, 5.41) is 7.82. The van der Waals surface area contributed by atoms with E-state index in [1.165, 1.54) is 0 Å². The van der Waals surface area contributed by atoms with Crippen molar-refractivity contribution in [3.05, 3.63) is 71.4 Å². The molecule has 1 amide bonds. The average Bonchev–Trinajstić information content (AvgIpc) is 3.15. The van der Waals surface area contributed by atoms with E-state index in [1.54, 1.807) is 32.0 Å². The van der Waals surface area contributed by atoms with Gasteiger partial charge in [-0.25, -0.2) is 0 Å². The van der Waals surface area contributed by atoms with Gasteiger partial charge in [-0.15, -0.1) is 16.9 Å². The van der Waals surface area contributed by atoms with Crippen molar-refractivity contribution in [3.63, 3.8) is 0 Å². The first kappa shape index (κ1) is 21.0. The summed E-state index contributed by atoms with van der Waals surface area (Å²) in [5.74, 6) is 3.01. The number of hydrogen-bond acceptors (Lipinski definition) is 7. The summed E-state index contributed by atoms with van der Waals surface area (Å²) in [7, 11) is 3.25. The van der Waals surface area contributed by atoms with Crippen molar-refractivity contribution in [2.75, 3.05) is 20.0 Å². The van der Waals surface area contributed by atoms with Crippen LogP contribution in [0.5, 0.6) is 23.1 Å². The third-order valence-electron chi connectivity index (χ3n) is 4.95. The highest BCUT2D eigenvalue weighted by Gasteiger charge is 2.36. The molecule has 0 N–H and O–H groups in total. The van der Waals surface area contributed by atoms with Gasteiger partial charge in [-0.2, -0.15) is 5.10 Å². The minimum absolute atomic E-state index is 0.0817. The van der Waals surface area contributed by atoms with Gasteiger partial charge in [0.2, 0.25) is 11.8 Å². The summed E-state index contributed by atoms with van der Waals surface area (Å²) < 4.78 is 16.8. The zero-order valence-electron chi connectivity index (χ0n) is 17.6. The lowest BCUT2D eigenvalue weighted by molar-refractivity contribution is -0.128. The lowest BCUT2D eigenvalue weighted by Gasteiger charge is -2.27. The second-order valence-electron chi connectivity index (χ2n) is 7.02.